The summed E-state index contributed by atoms with van der Waals surface area (Å²) in [5, 5.41) is 85.3. The maximum absolute atomic E-state index is 16.9. The summed E-state index contributed by atoms with van der Waals surface area (Å²) in [7, 11) is 0. The Balaban J connectivity index is 0.000000142. The highest BCUT2D eigenvalue weighted by Gasteiger charge is 2.80. The molecule has 14 nitrogen and oxygen atoms in total. The van der Waals surface area contributed by atoms with E-state index in [-0.39, 0.29) is 68.1 Å². The molecule has 85 heavy (non-hydrogen) atoms. The molecule has 6 unspecified atom stereocenters. The zero-order valence-electron chi connectivity index (χ0n) is 49.2. The molecule has 9 saturated carbocycles. The summed E-state index contributed by atoms with van der Waals surface area (Å²) in [6.45, 7) is 13.6. The van der Waals surface area contributed by atoms with Crippen LogP contribution in [0.3, 0.4) is 0 Å². The number of rotatable bonds is 4. The van der Waals surface area contributed by atoms with E-state index in [1.165, 1.54) is 57.2 Å². The molecular weight excluding hydrogens is 1140 g/mol. The molecule has 0 aliphatic heterocycles. The number of aliphatic carboxylic acids is 1. The topological polar surface area (TPSA) is 264 Å². The Labute approximate surface area is 495 Å². The van der Waals surface area contributed by atoms with Gasteiger partial charge in [0.2, 0.25) is 5.12 Å². The van der Waals surface area contributed by atoms with Crippen molar-refractivity contribution in [2.45, 2.75) is 191 Å². The lowest BCUT2D eigenvalue weighted by Crippen LogP contribution is -2.70. The number of allylic oxidation sites excluding steroid dienone is 12. The van der Waals surface area contributed by atoms with E-state index in [1.807, 2.05) is 0 Å². The number of thiol groups is 1. The minimum absolute atomic E-state index is 0.0287. The first-order chi connectivity index (χ1) is 39.0. The van der Waals surface area contributed by atoms with Crippen LogP contribution in [0.5, 0.6) is 0 Å². The summed E-state index contributed by atoms with van der Waals surface area (Å²) in [6.07, 6.45) is 1.34. The molecule has 12 rings (SSSR count). The molecule has 0 heterocycles. The van der Waals surface area contributed by atoms with Gasteiger partial charge in [-0.3, -0.25) is 24.0 Å². The second kappa shape index (κ2) is 19.7. The SMILES string of the molecule is C[C@@H]1CC2C3C[C@H](F)C4=CC(=O)C=C[C@]4(C)[C@@]3(F)[C@@H](O)C[C@]2(C)[C@@]1(O)C(=O)CO.C[C@@H]1CC2C3C[C@H](F)C4=CC(=O)C=C[C@]4(C)[C@@]3(F)[C@@H](O)C[C@]2(C)[C@@]1(O)C(=O)O.C[C@@H]1CC2C3C[C@H](F)C4=CC(=O)C=C[C@]4(C)[C@@]3(F)[C@@H](O)C[C@]2(C)[C@@]1(O)C(=O)S. The molecule has 12 aliphatic rings. The largest absolute Gasteiger partial charge is 0.479 e. The molecule has 21 heteroatoms. The molecule has 0 aromatic heterocycles. The first kappa shape index (κ1) is 63.9. The Morgan fingerprint density at radius 2 is 0.765 bits per heavy atom. The number of Topliss-reactive ketones (excluding diaryl/α,β-unsaturated/α-hetero) is 1. The van der Waals surface area contributed by atoms with Crippen molar-refractivity contribution in [2.24, 2.45) is 85.8 Å². The summed E-state index contributed by atoms with van der Waals surface area (Å²) in [4.78, 5) is 72.2. The Hall–Kier alpha value is -4.09. The van der Waals surface area contributed by atoms with Crippen molar-refractivity contribution in [3.05, 3.63) is 71.4 Å². The van der Waals surface area contributed by atoms with Crippen LogP contribution in [0.15, 0.2) is 71.4 Å². The molecule has 12 aliphatic carbocycles. The van der Waals surface area contributed by atoms with Crippen molar-refractivity contribution < 1.29 is 96.0 Å². The lowest BCUT2D eigenvalue weighted by Gasteiger charge is -2.63. The van der Waals surface area contributed by atoms with Gasteiger partial charge in [0.25, 0.3) is 0 Å². The summed E-state index contributed by atoms with van der Waals surface area (Å²) in [6, 6.07) is 0. The minimum atomic E-state index is -2.26. The fourth-order valence-corrected chi connectivity index (χ4v) is 21.7. The van der Waals surface area contributed by atoms with Crippen LogP contribution in [0.4, 0.5) is 26.3 Å². The molecule has 27 atom stereocenters. The number of ketones is 4. The minimum Gasteiger partial charge on any atom is -0.479 e. The van der Waals surface area contributed by atoms with Crippen LogP contribution in [0.2, 0.25) is 0 Å². The number of carbonyl (C=O) groups excluding carboxylic acids is 5. The fourth-order valence-electron chi connectivity index (χ4n) is 21.2. The predicted molar refractivity (Wildman–Crippen MR) is 298 cm³/mol. The third-order valence-corrected chi connectivity index (χ3v) is 26.2. The third-order valence-electron chi connectivity index (χ3n) is 25.9. The van der Waals surface area contributed by atoms with Crippen LogP contribution in [-0.2, 0) is 28.8 Å². The lowest BCUT2D eigenvalue weighted by atomic mass is 9.44. The third kappa shape index (κ3) is 7.58. The van der Waals surface area contributed by atoms with Gasteiger partial charge in [0, 0.05) is 50.2 Å². The number of alkyl halides is 6. The predicted octanol–water partition coefficient (Wildman–Crippen LogP) is 6.95. The second-order valence-electron chi connectivity index (χ2n) is 29.0. The van der Waals surface area contributed by atoms with Gasteiger partial charge < -0.3 is 40.9 Å². The van der Waals surface area contributed by atoms with E-state index in [9.17, 15) is 69.6 Å². The Bertz CT molecular complexity index is 3000. The van der Waals surface area contributed by atoms with E-state index in [2.05, 4.69) is 12.6 Å². The first-order valence-electron chi connectivity index (χ1n) is 29.7. The van der Waals surface area contributed by atoms with Crippen molar-refractivity contribution in [1.29, 1.82) is 0 Å². The molecule has 0 saturated heterocycles. The summed E-state index contributed by atoms with van der Waals surface area (Å²) < 4.78 is 96.0. The zero-order valence-corrected chi connectivity index (χ0v) is 50.1. The van der Waals surface area contributed by atoms with Crippen LogP contribution in [0.1, 0.15) is 120 Å². The molecule has 0 aromatic carbocycles. The van der Waals surface area contributed by atoms with Gasteiger partial charge in [0.1, 0.15) is 36.3 Å². The molecule has 0 radical (unpaired) electrons. The number of carbonyl (C=O) groups is 6. The quantitative estimate of drug-likeness (QED) is 0.102. The Morgan fingerprint density at radius 3 is 1.05 bits per heavy atom. The molecule has 0 bridgehead atoms. The number of hydrogen-bond acceptors (Lipinski definition) is 13. The summed E-state index contributed by atoms with van der Waals surface area (Å²) in [5.41, 5.74) is -20.5. The van der Waals surface area contributed by atoms with Crippen LogP contribution in [-0.4, -0.2) is 152 Å². The van der Waals surface area contributed by atoms with Gasteiger partial charge in [-0.1, -0.05) is 59.8 Å². The molecule has 8 N–H and O–H groups in total. The van der Waals surface area contributed by atoms with E-state index >= 15 is 26.3 Å². The van der Waals surface area contributed by atoms with Crippen molar-refractivity contribution in [2.75, 3.05) is 6.61 Å². The molecule has 0 aromatic rings. The fraction of sp³-hybridized carbons (Fsp3) is 0.719. The first-order valence-corrected chi connectivity index (χ1v) is 30.2. The highest BCUT2D eigenvalue weighted by molar-refractivity contribution is 7.96. The molecule has 9 fully saturated rings. The molecule has 0 spiro atoms. The molecular formula is C64H80F6O14S. The number of halogens is 6. The average Bonchev–Trinajstić information content (AvgIpc) is 1.67. The van der Waals surface area contributed by atoms with Gasteiger partial charge >= 0.3 is 5.97 Å². The average molecular weight is 1220 g/mol. The molecule has 468 valence electrons. The van der Waals surface area contributed by atoms with Crippen molar-refractivity contribution in [3.8, 4) is 0 Å². The van der Waals surface area contributed by atoms with Gasteiger partial charge in [-0.2, -0.15) is 0 Å². The maximum atomic E-state index is 16.9. The Morgan fingerprint density at radius 1 is 0.494 bits per heavy atom. The number of hydrogen-bond donors (Lipinski definition) is 9. The highest BCUT2D eigenvalue weighted by atomic mass is 32.1. The van der Waals surface area contributed by atoms with Crippen molar-refractivity contribution >= 4 is 46.8 Å². The Kier molecular flexibility index (Phi) is 14.8. The number of carboxylic acids is 1. The van der Waals surface area contributed by atoms with Crippen LogP contribution in [0.25, 0.3) is 0 Å². The van der Waals surface area contributed by atoms with Crippen molar-refractivity contribution in [3.63, 3.8) is 0 Å². The van der Waals surface area contributed by atoms with Gasteiger partial charge in [0.05, 0.1) is 18.3 Å². The van der Waals surface area contributed by atoms with E-state index in [0.29, 0.717) is 6.42 Å². The van der Waals surface area contributed by atoms with E-state index < -0.39 is 197 Å². The standard InChI is InChI=1S/C22H28F2O5.C21H26F2O5.C21H26F2O4S/c1-11-6-13-14-8-16(23)15-7-12(26)4-5-19(15,2)21(14,24)17(27)9-20(13,3)22(11,29)18(28)10-25;1-10-6-12-13-8-15(22)14-7-11(24)4-5-18(14,2)20(13,23)16(25)9-19(12,3)21(10,28)17(26)27;1-10-6-12-13-8-15(22)14-7-11(24)4-5-18(14,2)20(13,23)16(25)9-19(12,3)21(10,27)17(26)28/h4-5,7,11,13-14,16-17,25,27,29H,6,8-10H2,1-3H3;4-5,7,10,12-13,15-16,25,28H,6,8-9H2,1-3H3,(H,26,27);4-5,7,10,12-13,15-16,25,27H,6,8-9H2,1-3H3,(H,26,28)/t11-,13?,14?,16+,17+,19+,20+,21+,22+;2*10-,12?,13?,15+,16+,18+,19+,20+,21+/m111/s1. The summed E-state index contributed by atoms with van der Waals surface area (Å²) >= 11 is 3.90. The van der Waals surface area contributed by atoms with E-state index in [1.54, 1.807) is 41.5 Å². The number of carboxylic acid groups (broad SMARTS) is 1. The summed E-state index contributed by atoms with van der Waals surface area (Å²) in [5.74, 6) is -9.60. The maximum Gasteiger partial charge on any atom is 0.336 e. The molecule has 0 amide bonds. The van der Waals surface area contributed by atoms with Gasteiger partial charge in [0.15, 0.2) is 45.7 Å². The van der Waals surface area contributed by atoms with Crippen LogP contribution >= 0.6 is 12.6 Å². The zero-order chi connectivity index (χ0) is 63.3. The van der Waals surface area contributed by atoms with Gasteiger partial charge in [-0.05, 0) is 167 Å². The normalized spacial score (nSPS) is 54.7. The number of fused-ring (bicyclic) bond motifs is 15. The smallest absolute Gasteiger partial charge is 0.336 e. The van der Waals surface area contributed by atoms with Crippen molar-refractivity contribution in [1.82, 2.24) is 0 Å². The van der Waals surface area contributed by atoms with Gasteiger partial charge in [-0.15, -0.1) is 12.6 Å². The van der Waals surface area contributed by atoms with E-state index in [4.69, 9.17) is 0 Å². The number of aliphatic hydroxyl groups is 7. The van der Waals surface area contributed by atoms with Gasteiger partial charge in [-0.25, -0.2) is 31.1 Å². The highest BCUT2D eigenvalue weighted by Crippen LogP contribution is 2.75. The number of aliphatic hydroxyl groups excluding tert-OH is 4. The monoisotopic (exact) mass is 1220 g/mol. The lowest BCUT2D eigenvalue weighted by molar-refractivity contribution is -0.229. The second-order valence-corrected chi connectivity index (χ2v) is 29.4. The van der Waals surface area contributed by atoms with E-state index in [0.717, 1.165) is 18.2 Å². The van der Waals surface area contributed by atoms with Crippen LogP contribution < -0.4 is 0 Å². The van der Waals surface area contributed by atoms with Crippen LogP contribution in [0, 0.1) is 85.8 Å².